The number of nitrogens with one attached hydrogen (secondary N) is 1. The molecule has 45 heavy (non-hydrogen) atoms. The Balaban J connectivity index is 1.83. The molecule has 1 heterocycles. The number of aromatic hydroxyl groups is 1. The number of fused-ring (bicyclic) bond motifs is 2. The van der Waals surface area contributed by atoms with E-state index in [0.717, 1.165) is 36.8 Å². The van der Waals surface area contributed by atoms with Crippen LogP contribution in [0.15, 0.2) is 35.0 Å². The van der Waals surface area contributed by atoms with E-state index >= 15 is 0 Å². The maximum absolute atomic E-state index is 13.7. The topological polar surface area (TPSA) is 174 Å². The van der Waals surface area contributed by atoms with Gasteiger partial charge in [-0.05, 0) is 67.7 Å². The second kappa shape index (κ2) is 16.6. The standard InChI is InChI=1S/C33H51N3O9/c1-3-13-36(32(41)34-12-17-44-18-16-39)29-21-27(35-43-2)25-19-22(8-4-6-14-37)24(9-5-7-15-38)30-26-20-23(40)10-11-28(26)45-33(29,42)31(25)30/h10-11,19-20,22,24,29-31,37-40,42H,3-9,12-18,21H2,1-2H3,(H,34,41)/t22-,24+,29-,30+,31+,33+/m0/s1. The highest BCUT2D eigenvalue weighted by molar-refractivity contribution is 6.03. The molecular weight excluding hydrogens is 582 g/mol. The van der Waals surface area contributed by atoms with Crippen molar-refractivity contribution in [3.63, 3.8) is 0 Å². The van der Waals surface area contributed by atoms with Crippen LogP contribution < -0.4 is 10.1 Å². The molecular formula is C33H51N3O9. The number of allylic oxidation sites excluding steroid dienone is 1. The first-order valence-corrected chi connectivity index (χ1v) is 16.4. The maximum atomic E-state index is 13.7. The van der Waals surface area contributed by atoms with Gasteiger partial charge in [-0.15, -0.1) is 0 Å². The minimum atomic E-state index is -1.82. The number of nitrogens with zero attached hydrogens (tertiary/aromatic N) is 2. The Hall–Kier alpha value is -2.90. The number of aliphatic hydroxyl groups is 4. The number of phenolic OH excluding ortho intramolecular Hbond substituents is 1. The van der Waals surface area contributed by atoms with E-state index in [1.165, 1.54) is 7.11 Å². The predicted octanol–water partition coefficient (Wildman–Crippen LogP) is 2.88. The van der Waals surface area contributed by atoms with Crippen molar-refractivity contribution in [1.82, 2.24) is 10.2 Å². The van der Waals surface area contributed by atoms with Crippen LogP contribution >= 0.6 is 0 Å². The van der Waals surface area contributed by atoms with Crippen molar-refractivity contribution in [3.05, 3.63) is 35.4 Å². The molecule has 6 N–H and O–H groups in total. The highest BCUT2D eigenvalue weighted by Gasteiger charge is 2.64. The fourth-order valence-corrected chi connectivity index (χ4v) is 7.53. The summed E-state index contributed by atoms with van der Waals surface area (Å²) in [6.07, 6.45) is 7.52. The van der Waals surface area contributed by atoms with Gasteiger partial charge in [-0.25, -0.2) is 4.79 Å². The summed E-state index contributed by atoms with van der Waals surface area (Å²) < 4.78 is 11.9. The van der Waals surface area contributed by atoms with Gasteiger partial charge in [-0.1, -0.05) is 31.0 Å². The van der Waals surface area contributed by atoms with Crippen LogP contribution in [0, 0.1) is 17.8 Å². The smallest absolute Gasteiger partial charge is 0.317 e. The molecule has 1 fully saturated rings. The van der Waals surface area contributed by atoms with Gasteiger partial charge in [0.1, 0.15) is 24.7 Å². The average Bonchev–Trinajstić information content (AvgIpc) is 3.02. The normalized spacial score (nSPS) is 27.6. The lowest BCUT2D eigenvalue weighted by molar-refractivity contribution is -0.228. The number of phenols is 1. The molecule has 12 heteroatoms. The molecule has 0 unspecified atom stereocenters. The summed E-state index contributed by atoms with van der Waals surface area (Å²) >= 11 is 0. The Labute approximate surface area is 265 Å². The zero-order valence-electron chi connectivity index (χ0n) is 26.6. The monoisotopic (exact) mass is 633 g/mol. The fraction of sp³-hybridized carbons (Fsp3) is 0.697. The van der Waals surface area contributed by atoms with E-state index in [4.69, 9.17) is 19.4 Å². The van der Waals surface area contributed by atoms with Crippen LogP contribution in [0.25, 0.3) is 0 Å². The molecule has 2 amide bonds. The zero-order chi connectivity index (χ0) is 32.4. The maximum Gasteiger partial charge on any atom is 0.317 e. The number of carbonyl (C=O) groups is 1. The molecule has 1 aromatic carbocycles. The van der Waals surface area contributed by atoms with Crippen molar-refractivity contribution in [2.75, 3.05) is 53.2 Å². The van der Waals surface area contributed by atoms with E-state index in [1.54, 1.807) is 23.1 Å². The Bertz CT molecular complexity index is 1180. The van der Waals surface area contributed by atoms with E-state index in [0.29, 0.717) is 37.3 Å². The number of benzene rings is 1. The highest BCUT2D eigenvalue weighted by atomic mass is 16.6. The molecule has 12 nitrogen and oxygen atoms in total. The molecule has 0 radical (unpaired) electrons. The number of oxime groups is 1. The van der Waals surface area contributed by atoms with Gasteiger partial charge < -0.3 is 50.1 Å². The van der Waals surface area contributed by atoms with Gasteiger partial charge in [0, 0.05) is 44.2 Å². The van der Waals surface area contributed by atoms with Gasteiger partial charge in [0.25, 0.3) is 0 Å². The van der Waals surface area contributed by atoms with Crippen molar-refractivity contribution in [1.29, 1.82) is 0 Å². The summed E-state index contributed by atoms with van der Waals surface area (Å²) in [7, 11) is 1.48. The third-order valence-electron chi connectivity index (χ3n) is 9.32. The summed E-state index contributed by atoms with van der Waals surface area (Å²) in [5, 5.41) is 58.9. The van der Waals surface area contributed by atoms with Gasteiger partial charge in [0.15, 0.2) is 0 Å². The Kier molecular flexibility index (Phi) is 12.9. The molecule has 0 aromatic heterocycles. The van der Waals surface area contributed by atoms with Crippen LogP contribution in [0.1, 0.15) is 69.8 Å². The number of rotatable bonds is 17. The summed E-state index contributed by atoms with van der Waals surface area (Å²) in [5.74, 6) is -2.06. The molecule has 0 spiro atoms. The quantitative estimate of drug-likeness (QED) is 0.111. The Morgan fingerprint density at radius 1 is 1.11 bits per heavy atom. The van der Waals surface area contributed by atoms with Gasteiger partial charge in [0.05, 0.1) is 31.5 Å². The van der Waals surface area contributed by atoms with Crippen LogP contribution in [-0.2, 0) is 9.57 Å². The number of urea groups is 1. The molecule has 1 saturated carbocycles. The van der Waals surface area contributed by atoms with E-state index in [9.17, 15) is 25.2 Å². The number of hydrogen-bond donors (Lipinski definition) is 6. The number of amides is 2. The molecule has 0 saturated heterocycles. The van der Waals surface area contributed by atoms with Gasteiger partial charge in [-0.3, -0.25) is 0 Å². The molecule has 3 aliphatic rings. The van der Waals surface area contributed by atoms with Crippen molar-refractivity contribution in [2.24, 2.45) is 22.9 Å². The molecule has 6 atom stereocenters. The molecule has 2 aliphatic carbocycles. The zero-order valence-corrected chi connectivity index (χ0v) is 26.6. The van der Waals surface area contributed by atoms with Crippen LogP contribution in [0.3, 0.4) is 0 Å². The van der Waals surface area contributed by atoms with E-state index in [-0.39, 0.29) is 75.5 Å². The molecule has 1 aliphatic heterocycles. The van der Waals surface area contributed by atoms with E-state index in [2.05, 4.69) is 16.5 Å². The summed E-state index contributed by atoms with van der Waals surface area (Å²) in [4.78, 5) is 20.6. The second-order valence-corrected chi connectivity index (χ2v) is 12.2. The number of unbranched alkanes of at least 4 members (excludes halogenated alkanes) is 2. The molecule has 1 aromatic rings. The fourth-order valence-electron chi connectivity index (χ4n) is 7.53. The number of ether oxygens (including phenoxy) is 2. The highest BCUT2D eigenvalue weighted by Crippen LogP contribution is 2.60. The second-order valence-electron chi connectivity index (χ2n) is 12.2. The lowest BCUT2D eigenvalue weighted by Crippen LogP contribution is -2.69. The predicted molar refractivity (Wildman–Crippen MR) is 168 cm³/mol. The number of aliphatic hydroxyl groups excluding tert-OH is 3. The third kappa shape index (κ3) is 7.74. The first-order valence-electron chi connectivity index (χ1n) is 16.4. The van der Waals surface area contributed by atoms with E-state index < -0.39 is 17.7 Å². The third-order valence-corrected chi connectivity index (χ3v) is 9.32. The SMILES string of the molecule is CCCN(C(=O)NCCOCCO)[C@H]1CC(=NOC)C2=C[C@H](CCCCO)[C@@H](CCCCO)[C@@H]3c4cc(O)ccc4O[C@@]1(O)[C@H]23. The lowest BCUT2D eigenvalue weighted by atomic mass is 9.55. The molecule has 0 bridgehead atoms. The number of carbonyl (C=O) groups excluding carboxylic acids is 1. The van der Waals surface area contributed by atoms with Crippen molar-refractivity contribution in [3.8, 4) is 11.5 Å². The van der Waals surface area contributed by atoms with Gasteiger partial charge in [-0.2, -0.15) is 0 Å². The summed E-state index contributed by atoms with van der Waals surface area (Å²) in [6.45, 7) is 3.03. The van der Waals surface area contributed by atoms with E-state index in [1.807, 2.05) is 6.92 Å². The van der Waals surface area contributed by atoms with Crippen LogP contribution in [0.5, 0.6) is 11.5 Å². The van der Waals surface area contributed by atoms with Crippen molar-refractivity contribution in [2.45, 2.75) is 76.0 Å². The summed E-state index contributed by atoms with van der Waals surface area (Å²) in [5.41, 5.74) is 2.24. The largest absolute Gasteiger partial charge is 0.508 e. The van der Waals surface area contributed by atoms with Crippen LogP contribution in [-0.4, -0.2) is 107 Å². The lowest BCUT2D eigenvalue weighted by Gasteiger charge is -2.58. The Morgan fingerprint density at radius 2 is 1.87 bits per heavy atom. The van der Waals surface area contributed by atoms with Crippen LogP contribution in [0.2, 0.25) is 0 Å². The minimum Gasteiger partial charge on any atom is -0.508 e. The number of hydrogen-bond acceptors (Lipinski definition) is 10. The Morgan fingerprint density at radius 3 is 2.56 bits per heavy atom. The summed E-state index contributed by atoms with van der Waals surface area (Å²) in [6, 6.07) is 3.74. The van der Waals surface area contributed by atoms with Crippen molar-refractivity contribution < 1.29 is 44.6 Å². The van der Waals surface area contributed by atoms with Crippen molar-refractivity contribution >= 4 is 11.7 Å². The first kappa shape index (κ1) is 35.0. The minimum absolute atomic E-state index is 0.0274. The molecule has 4 rings (SSSR count). The van der Waals surface area contributed by atoms with Gasteiger partial charge >= 0.3 is 6.03 Å². The van der Waals surface area contributed by atoms with Crippen LogP contribution in [0.4, 0.5) is 4.79 Å². The first-order chi connectivity index (χ1) is 21.8. The average molecular weight is 634 g/mol. The van der Waals surface area contributed by atoms with Gasteiger partial charge in [0.2, 0.25) is 5.79 Å². The molecule has 252 valence electrons.